The Morgan fingerprint density at radius 2 is 1.81 bits per heavy atom. The van der Waals surface area contributed by atoms with Crippen molar-refractivity contribution in [1.82, 2.24) is 0 Å². The van der Waals surface area contributed by atoms with E-state index in [0.717, 1.165) is 6.29 Å². The number of aliphatic hydroxyl groups excluding tert-OH is 3. The first-order valence-electron chi connectivity index (χ1n) is 9.35. The Balaban J connectivity index is 2.02. The number of carbonyl (C=O) groups excluding carboxylic acids is 3. The smallest absolute Gasteiger partial charge is 0.170 e. The lowest BCUT2D eigenvalue weighted by Gasteiger charge is -2.63. The number of carbonyl (C=O) groups is 3. The second-order valence-electron chi connectivity index (χ2n) is 9.43. The quantitative estimate of drug-likeness (QED) is 0.461. The predicted molar refractivity (Wildman–Crippen MR) is 90.8 cm³/mol. The lowest BCUT2D eigenvalue weighted by Crippen LogP contribution is -2.74. The van der Waals surface area contributed by atoms with E-state index >= 15 is 0 Å². The predicted octanol–water partition coefficient (Wildman–Crippen LogP) is 0.425. The molecule has 6 nitrogen and oxygen atoms in total. The normalized spacial score (nSPS) is 52.4. The average molecular weight is 362 g/mol. The molecule has 0 amide bonds. The summed E-state index contributed by atoms with van der Waals surface area (Å²) in [5.74, 6) is -3.59. The second-order valence-corrected chi connectivity index (χ2v) is 9.43. The molecule has 4 rings (SSSR count). The Labute approximate surface area is 152 Å². The van der Waals surface area contributed by atoms with Gasteiger partial charge in [-0.25, -0.2) is 0 Å². The van der Waals surface area contributed by atoms with Crippen molar-refractivity contribution in [3.8, 4) is 0 Å². The van der Waals surface area contributed by atoms with Gasteiger partial charge >= 0.3 is 0 Å². The van der Waals surface area contributed by atoms with Crippen molar-refractivity contribution >= 4 is 17.9 Å². The Kier molecular flexibility index (Phi) is 3.55. The zero-order valence-corrected chi connectivity index (χ0v) is 15.1. The number of aliphatic hydroxyl groups is 3. The maximum absolute atomic E-state index is 13.3. The summed E-state index contributed by atoms with van der Waals surface area (Å²) in [6.07, 6.45) is -1.51. The first-order valence-corrected chi connectivity index (χ1v) is 9.35. The molecule has 4 aliphatic rings. The monoisotopic (exact) mass is 362 g/mol. The first-order chi connectivity index (χ1) is 12.1. The molecule has 0 heterocycles. The molecule has 0 saturated heterocycles. The molecule has 0 aromatic carbocycles. The van der Waals surface area contributed by atoms with E-state index in [1.807, 2.05) is 13.8 Å². The van der Waals surface area contributed by atoms with Gasteiger partial charge in [0.1, 0.15) is 12.4 Å². The molecule has 3 N–H and O–H groups in total. The first kappa shape index (κ1) is 18.0. The Morgan fingerprint density at radius 3 is 2.42 bits per heavy atom. The van der Waals surface area contributed by atoms with E-state index in [1.165, 1.54) is 0 Å². The van der Waals surface area contributed by atoms with Gasteiger partial charge < -0.3 is 20.1 Å². The molecule has 1 spiro atoms. The van der Waals surface area contributed by atoms with Crippen molar-refractivity contribution < 1.29 is 29.7 Å². The molecule has 4 fully saturated rings. The van der Waals surface area contributed by atoms with Crippen LogP contribution in [0.2, 0.25) is 0 Å². The van der Waals surface area contributed by atoms with Crippen LogP contribution < -0.4 is 0 Å². The van der Waals surface area contributed by atoms with Crippen molar-refractivity contribution in [3.05, 3.63) is 12.2 Å². The van der Waals surface area contributed by atoms with Crippen molar-refractivity contribution in [2.45, 2.75) is 57.8 Å². The maximum atomic E-state index is 13.3. The molecule has 4 aliphatic carbocycles. The van der Waals surface area contributed by atoms with Crippen LogP contribution in [0.1, 0.15) is 39.5 Å². The molecule has 6 heteroatoms. The molecule has 0 aromatic heterocycles. The third kappa shape index (κ3) is 1.67. The van der Waals surface area contributed by atoms with E-state index in [0.29, 0.717) is 19.3 Å². The second kappa shape index (κ2) is 5.12. The molecule has 142 valence electrons. The van der Waals surface area contributed by atoms with Crippen molar-refractivity contribution in [2.24, 2.45) is 34.0 Å². The van der Waals surface area contributed by atoms with Crippen LogP contribution in [-0.2, 0) is 14.4 Å². The minimum atomic E-state index is -1.86. The van der Waals surface area contributed by atoms with Gasteiger partial charge in [0.2, 0.25) is 0 Å². The molecule has 0 unspecified atom stereocenters. The molecular formula is C20H26O6. The fourth-order valence-corrected chi connectivity index (χ4v) is 7.12. The highest BCUT2D eigenvalue weighted by atomic mass is 16.3. The highest BCUT2D eigenvalue weighted by molar-refractivity contribution is 6.09. The topological polar surface area (TPSA) is 112 Å². The number of hydrogen-bond donors (Lipinski definition) is 3. The maximum Gasteiger partial charge on any atom is 0.170 e. The average Bonchev–Trinajstić information content (AvgIpc) is 2.69. The van der Waals surface area contributed by atoms with Gasteiger partial charge in [0, 0.05) is 23.2 Å². The fraction of sp³-hybridized carbons (Fsp3) is 0.750. The zero-order valence-electron chi connectivity index (χ0n) is 15.1. The molecular weight excluding hydrogens is 336 g/mol. The molecule has 26 heavy (non-hydrogen) atoms. The summed E-state index contributed by atoms with van der Waals surface area (Å²) in [7, 11) is 0. The molecule has 4 saturated carbocycles. The van der Waals surface area contributed by atoms with Gasteiger partial charge in [-0.15, -0.1) is 0 Å². The lowest BCUT2D eigenvalue weighted by atomic mass is 9.38. The van der Waals surface area contributed by atoms with Crippen LogP contribution in [0.5, 0.6) is 0 Å². The molecule has 2 bridgehead atoms. The Hall–Kier alpha value is -1.37. The van der Waals surface area contributed by atoms with Gasteiger partial charge in [-0.3, -0.25) is 9.59 Å². The number of aldehydes is 1. The summed E-state index contributed by atoms with van der Waals surface area (Å²) in [5.41, 5.74) is -3.52. The number of rotatable bonds is 1. The summed E-state index contributed by atoms with van der Waals surface area (Å²) in [4.78, 5) is 38.9. The van der Waals surface area contributed by atoms with Crippen LogP contribution in [0.25, 0.3) is 0 Å². The van der Waals surface area contributed by atoms with E-state index in [9.17, 15) is 29.7 Å². The van der Waals surface area contributed by atoms with Gasteiger partial charge in [-0.1, -0.05) is 26.8 Å². The number of fused-ring (bicyclic) bond motifs is 3. The number of hydrogen-bond acceptors (Lipinski definition) is 6. The van der Waals surface area contributed by atoms with Crippen LogP contribution in [0.3, 0.4) is 0 Å². The van der Waals surface area contributed by atoms with E-state index in [1.54, 1.807) is 0 Å². The summed E-state index contributed by atoms with van der Waals surface area (Å²) >= 11 is 0. The Bertz CT molecular complexity index is 726. The van der Waals surface area contributed by atoms with Gasteiger partial charge in [0.05, 0.1) is 17.6 Å². The minimum absolute atomic E-state index is 0.113. The summed E-state index contributed by atoms with van der Waals surface area (Å²) in [5, 5.41) is 32.9. The lowest BCUT2D eigenvalue weighted by molar-refractivity contribution is -0.235. The molecule has 8 atom stereocenters. The molecule has 0 aromatic rings. The Morgan fingerprint density at radius 1 is 1.15 bits per heavy atom. The van der Waals surface area contributed by atoms with Crippen LogP contribution in [-0.4, -0.2) is 51.5 Å². The number of Topliss-reactive ketones (excluding diaryl/α,β-unsaturated/α-hetero) is 2. The summed E-state index contributed by atoms with van der Waals surface area (Å²) in [6, 6.07) is 0. The fourth-order valence-electron chi connectivity index (χ4n) is 7.12. The van der Waals surface area contributed by atoms with Crippen LogP contribution in [0, 0.1) is 34.0 Å². The minimum Gasteiger partial charge on any atom is -0.393 e. The molecule has 0 radical (unpaired) electrons. The van der Waals surface area contributed by atoms with E-state index in [2.05, 4.69) is 6.58 Å². The van der Waals surface area contributed by atoms with Crippen LogP contribution >= 0.6 is 0 Å². The third-order valence-corrected chi connectivity index (χ3v) is 7.95. The number of ketones is 2. The van der Waals surface area contributed by atoms with Crippen LogP contribution in [0.15, 0.2) is 12.2 Å². The van der Waals surface area contributed by atoms with E-state index in [-0.39, 0.29) is 12.0 Å². The van der Waals surface area contributed by atoms with Crippen molar-refractivity contribution in [2.75, 3.05) is 0 Å². The van der Waals surface area contributed by atoms with Gasteiger partial charge in [0.25, 0.3) is 0 Å². The SMILES string of the molecule is C=C1C(=O)[C@]23[C@H](O)[C@H]1C[C@H](O)[C@H]2[C@]1(C=O)CCCC(C)(C)[C@H]1C(=O)[C@@H]3O. The largest absolute Gasteiger partial charge is 0.393 e. The van der Waals surface area contributed by atoms with E-state index in [4.69, 9.17) is 0 Å². The standard InChI is InChI=1S/C20H26O6/c1-9-10-7-11(22)13-19(8-21)6-4-5-18(2,3)14(19)12(23)17(26)20(13,15(9)24)16(10)25/h8,10-11,13-14,16-17,22,25-26H,1,4-7H2,2-3H3/t10-,11-,13-,14+,16+,17-,19+,20-/m0/s1. The highest BCUT2D eigenvalue weighted by Crippen LogP contribution is 2.69. The summed E-state index contributed by atoms with van der Waals surface area (Å²) in [6.45, 7) is 7.54. The van der Waals surface area contributed by atoms with Gasteiger partial charge in [-0.2, -0.15) is 0 Å². The van der Waals surface area contributed by atoms with Crippen LogP contribution in [0.4, 0.5) is 0 Å². The third-order valence-electron chi connectivity index (χ3n) is 7.95. The highest BCUT2D eigenvalue weighted by Gasteiger charge is 2.79. The molecule has 0 aliphatic heterocycles. The van der Waals surface area contributed by atoms with Gasteiger partial charge in [0.15, 0.2) is 11.6 Å². The zero-order chi connectivity index (χ0) is 19.2. The van der Waals surface area contributed by atoms with Crippen molar-refractivity contribution in [3.63, 3.8) is 0 Å². The van der Waals surface area contributed by atoms with Gasteiger partial charge in [-0.05, 0) is 30.3 Å². The van der Waals surface area contributed by atoms with Crippen molar-refractivity contribution in [1.29, 1.82) is 0 Å². The van der Waals surface area contributed by atoms with E-state index < -0.39 is 63.9 Å². The summed E-state index contributed by atoms with van der Waals surface area (Å²) < 4.78 is 0.